The number of amides is 2. The van der Waals surface area contributed by atoms with Gasteiger partial charge >= 0.3 is 6.18 Å². The molecule has 0 atom stereocenters. The van der Waals surface area contributed by atoms with E-state index >= 15 is 0 Å². The fraction of sp³-hybridized carbons (Fsp3) is 0.304. The molecule has 0 radical (unpaired) electrons. The lowest BCUT2D eigenvalue weighted by molar-refractivity contribution is -0.137. The number of imide groups is 1. The molecule has 8 heteroatoms. The molecule has 4 nitrogen and oxygen atoms in total. The zero-order chi connectivity index (χ0) is 22.3. The number of halogens is 4. The van der Waals surface area contributed by atoms with E-state index in [1.54, 1.807) is 0 Å². The minimum atomic E-state index is -4.61. The maximum Gasteiger partial charge on any atom is 0.416 e. The van der Waals surface area contributed by atoms with Crippen LogP contribution in [0.1, 0.15) is 30.9 Å². The summed E-state index contributed by atoms with van der Waals surface area (Å²) < 4.78 is 53.0. The molecule has 2 aliphatic heterocycles. The molecule has 2 heterocycles. The van der Waals surface area contributed by atoms with Crippen LogP contribution in [0.4, 0.5) is 23.2 Å². The summed E-state index contributed by atoms with van der Waals surface area (Å²) in [7, 11) is 0. The van der Waals surface area contributed by atoms with E-state index < -0.39 is 29.4 Å². The normalized spacial score (nSPS) is 18.4. The van der Waals surface area contributed by atoms with E-state index in [1.807, 2.05) is 4.90 Å². The van der Waals surface area contributed by atoms with Crippen LogP contribution >= 0.6 is 0 Å². The number of piperidine rings is 1. The van der Waals surface area contributed by atoms with Crippen LogP contribution in [0.2, 0.25) is 0 Å². The van der Waals surface area contributed by atoms with Gasteiger partial charge in [0.2, 0.25) is 0 Å². The van der Waals surface area contributed by atoms with Gasteiger partial charge in [0.25, 0.3) is 11.8 Å². The molecule has 2 aromatic rings. The SMILES string of the molecule is CC1CCN(C2=C(c3ccc(F)cc3)C(=O)N(c3cccc(C(F)(F)F)c3)C2=O)CC1. The van der Waals surface area contributed by atoms with Crippen LogP contribution in [-0.2, 0) is 15.8 Å². The minimum absolute atomic E-state index is 0.0805. The van der Waals surface area contributed by atoms with Crippen molar-refractivity contribution in [1.82, 2.24) is 4.90 Å². The van der Waals surface area contributed by atoms with Crippen LogP contribution in [0.25, 0.3) is 5.57 Å². The van der Waals surface area contributed by atoms with Crippen LogP contribution in [-0.4, -0.2) is 29.8 Å². The molecule has 2 aliphatic rings. The van der Waals surface area contributed by atoms with Gasteiger partial charge in [-0.05, 0) is 54.7 Å². The zero-order valence-electron chi connectivity index (χ0n) is 16.7. The fourth-order valence-corrected chi connectivity index (χ4v) is 3.98. The molecule has 0 aromatic heterocycles. The first kappa shape index (κ1) is 21.1. The zero-order valence-corrected chi connectivity index (χ0v) is 16.7. The first-order chi connectivity index (χ1) is 14.7. The number of hydrogen-bond donors (Lipinski definition) is 0. The Kier molecular flexibility index (Phi) is 5.33. The summed E-state index contributed by atoms with van der Waals surface area (Å²) in [6.45, 7) is 3.20. The molecular formula is C23H20F4N2O2. The number of alkyl halides is 3. The summed E-state index contributed by atoms with van der Waals surface area (Å²) in [5.41, 5.74) is -0.514. The number of anilines is 1. The molecule has 0 saturated carbocycles. The van der Waals surface area contributed by atoms with Gasteiger partial charge in [0.1, 0.15) is 11.5 Å². The molecule has 0 bridgehead atoms. The summed E-state index contributed by atoms with van der Waals surface area (Å²) >= 11 is 0. The second-order valence-electron chi connectivity index (χ2n) is 7.89. The Labute approximate surface area is 176 Å². The van der Waals surface area contributed by atoms with E-state index in [0.29, 0.717) is 24.6 Å². The third-order valence-electron chi connectivity index (χ3n) is 5.72. The molecule has 0 N–H and O–H groups in total. The number of hydrogen-bond acceptors (Lipinski definition) is 3. The van der Waals surface area contributed by atoms with Gasteiger partial charge < -0.3 is 4.90 Å². The van der Waals surface area contributed by atoms with E-state index in [-0.39, 0.29) is 17.0 Å². The van der Waals surface area contributed by atoms with Crippen molar-refractivity contribution in [3.8, 4) is 0 Å². The van der Waals surface area contributed by atoms with Crippen LogP contribution in [0, 0.1) is 11.7 Å². The number of nitrogens with zero attached hydrogens (tertiary/aromatic N) is 2. The monoisotopic (exact) mass is 432 g/mol. The summed E-state index contributed by atoms with van der Waals surface area (Å²) in [5, 5.41) is 0. The van der Waals surface area contributed by atoms with Crippen LogP contribution < -0.4 is 4.90 Å². The Bertz CT molecular complexity index is 1050. The lowest BCUT2D eigenvalue weighted by Gasteiger charge is -2.32. The third kappa shape index (κ3) is 3.94. The Morgan fingerprint density at radius 3 is 2.19 bits per heavy atom. The lowest BCUT2D eigenvalue weighted by Crippen LogP contribution is -2.38. The molecule has 0 unspecified atom stereocenters. The molecular weight excluding hydrogens is 412 g/mol. The van der Waals surface area contributed by atoms with Crippen molar-refractivity contribution in [2.75, 3.05) is 18.0 Å². The number of carbonyl (C=O) groups excluding carboxylic acids is 2. The Balaban J connectivity index is 1.80. The number of benzene rings is 2. The molecule has 2 amide bonds. The fourth-order valence-electron chi connectivity index (χ4n) is 3.98. The van der Waals surface area contributed by atoms with Gasteiger partial charge in [0.05, 0.1) is 16.8 Å². The van der Waals surface area contributed by atoms with Crippen LogP contribution in [0.3, 0.4) is 0 Å². The highest BCUT2D eigenvalue weighted by molar-refractivity contribution is 6.45. The average Bonchev–Trinajstić information content (AvgIpc) is 2.99. The van der Waals surface area contributed by atoms with Crippen molar-refractivity contribution in [2.45, 2.75) is 25.9 Å². The predicted molar refractivity (Wildman–Crippen MR) is 107 cm³/mol. The molecule has 0 spiro atoms. The standard InChI is InChI=1S/C23H20F4N2O2/c1-14-9-11-28(12-10-14)20-19(15-5-7-17(24)8-6-15)21(30)29(22(20)31)18-4-2-3-16(13-18)23(25,26)27/h2-8,13-14H,9-12H2,1H3. The summed E-state index contributed by atoms with van der Waals surface area (Å²) in [5.74, 6) is -1.41. The molecule has 0 aliphatic carbocycles. The van der Waals surface area contributed by atoms with Gasteiger partial charge in [-0.1, -0.05) is 25.1 Å². The van der Waals surface area contributed by atoms with E-state index in [4.69, 9.17) is 0 Å². The quantitative estimate of drug-likeness (QED) is 0.514. The molecule has 4 rings (SSSR count). The smallest absolute Gasteiger partial charge is 0.366 e. The van der Waals surface area contributed by atoms with Gasteiger partial charge in [0, 0.05) is 13.1 Å². The highest BCUT2D eigenvalue weighted by atomic mass is 19.4. The molecule has 162 valence electrons. The van der Waals surface area contributed by atoms with Gasteiger partial charge in [0.15, 0.2) is 0 Å². The second-order valence-corrected chi connectivity index (χ2v) is 7.89. The van der Waals surface area contributed by atoms with Crippen molar-refractivity contribution >= 4 is 23.1 Å². The second kappa shape index (κ2) is 7.83. The Hall–Kier alpha value is -3.16. The van der Waals surface area contributed by atoms with Gasteiger partial charge in [-0.2, -0.15) is 13.2 Å². The first-order valence-corrected chi connectivity index (χ1v) is 9.98. The van der Waals surface area contributed by atoms with E-state index in [2.05, 4.69) is 6.92 Å². The first-order valence-electron chi connectivity index (χ1n) is 9.98. The molecule has 31 heavy (non-hydrogen) atoms. The van der Waals surface area contributed by atoms with Gasteiger partial charge in [-0.25, -0.2) is 9.29 Å². The lowest BCUT2D eigenvalue weighted by atomic mass is 9.97. The van der Waals surface area contributed by atoms with Crippen LogP contribution in [0.5, 0.6) is 0 Å². The number of rotatable bonds is 3. The number of carbonyl (C=O) groups is 2. The van der Waals surface area contributed by atoms with E-state index in [9.17, 15) is 27.2 Å². The predicted octanol–water partition coefficient (Wildman–Crippen LogP) is 4.86. The highest BCUT2D eigenvalue weighted by Gasteiger charge is 2.43. The average molecular weight is 432 g/mol. The minimum Gasteiger partial charge on any atom is -0.366 e. The maximum atomic E-state index is 13.4. The summed E-state index contributed by atoms with van der Waals surface area (Å²) in [4.78, 5) is 29.3. The van der Waals surface area contributed by atoms with E-state index in [0.717, 1.165) is 35.9 Å². The summed E-state index contributed by atoms with van der Waals surface area (Å²) in [6.07, 6.45) is -2.96. The Morgan fingerprint density at radius 1 is 0.935 bits per heavy atom. The van der Waals surface area contributed by atoms with E-state index in [1.165, 1.54) is 30.3 Å². The molecule has 1 fully saturated rings. The van der Waals surface area contributed by atoms with Gasteiger partial charge in [-0.15, -0.1) is 0 Å². The number of likely N-dealkylation sites (tertiary alicyclic amines) is 1. The van der Waals surface area contributed by atoms with Crippen molar-refractivity contribution in [2.24, 2.45) is 5.92 Å². The van der Waals surface area contributed by atoms with Gasteiger partial charge in [-0.3, -0.25) is 9.59 Å². The Morgan fingerprint density at radius 2 is 1.58 bits per heavy atom. The summed E-state index contributed by atoms with van der Waals surface area (Å²) in [6, 6.07) is 9.31. The van der Waals surface area contributed by atoms with Crippen molar-refractivity contribution in [3.05, 3.63) is 71.2 Å². The van der Waals surface area contributed by atoms with Crippen molar-refractivity contribution < 1.29 is 27.2 Å². The van der Waals surface area contributed by atoms with Crippen molar-refractivity contribution in [3.63, 3.8) is 0 Å². The highest BCUT2D eigenvalue weighted by Crippen LogP contribution is 2.38. The van der Waals surface area contributed by atoms with Crippen molar-refractivity contribution in [1.29, 1.82) is 0 Å². The third-order valence-corrected chi connectivity index (χ3v) is 5.72. The molecule has 2 aromatic carbocycles. The van der Waals surface area contributed by atoms with Crippen LogP contribution in [0.15, 0.2) is 54.2 Å². The maximum absolute atomic E-state index is 13.4. The molecule has 1 saturated heterocycles. The topological polar surface area (TPSA) is 40.6 Å². The largest absolute Gasteiger partial charge is 0.416 e.